The molecule has 0 unspecified atom stereocenters. The van der Waals surface area contributed by atoms with Gasteiger partial charge in [-0.15, -0.1) is 0 Å². The Kier molecular flexibility index (Phi) is 12.1. The van der Waals surface area contributed by atoms with Crippen molar-refractivity contribution in [3.05, 3.63) is 59.2 Å². The number of halogens is 3. The number of aliphatic imine (C=N–C) groups is 1. The Morgan fingerprint density at radius 2 is 1.64 bits per heavy atom. The molecule has 1 heterocycles. The maximum atomic E-state index is 11.1. The van der Waals surface area contributed by atoms with Gasteiger partial charge in [-0.2, -0.15) is 13.2 Å². The minimum Gasteiger partial charge on any atom is -0.478 e. The van der Waals surface area contributed by atoms with Gasteiger partial charge in [0.05, 0.1) is 5.56 Å². The van der Waals surface area contributed by atoms with E-state index in [4.69, 9.17) is 24.7 Å². The van der Waals surface area contributed by atoms with Crippen LogP contribution < -0.4 is 10.2 Å². The molecule has 1 fully saturated rings. The average molecular weight is 553 g/mol. The Balaban J connectivity index is 0.000000673. The van der Waals surface area contributed by atoms with E-state index in [9.17, 15) is 18.0 Å². The molecule has 2 aromatic carbocycles. The Bertz CT molecular complexity index is 1120. The summed E-state index contributed by atoms with van der Waals surface area (Å²) in [4.78, 5) is 29.6. The quantitative estimate of drug-likeness (QED) is 0.246. The van der Waals surface area contributed by atoms with Crippen LogP contribution in [0.25, 0.3) is 0 Å². The number of aryl methyl sites for hydroxylation is 1. The summed E-state index contributed by atoms with van der Waals surface area (Å²) < 4.78 is 37.2. The van der Waals surface area contributed by atoms with Gasteiger partial charge in [-0.3, -0.25) is 4.99 Å². The highest BCUT2D eigenvalue weighted by Crippen LogP contribution is 2.24. The Labute approximate surface area is 225 Å². The van der Waals surface area contributed by atoms with Crippen molar-refractivity contribution in [1.29, 1.82) is 0 Å². The van der Waals surface area contributed by atoms with E-state index in [1.165, 1.54) is 16.8 Å². The number of aromatic carboxylic acids is 1. The summed E-state index contributed by atoms with van der Waals surface area (Å²) in [5.74, 6) is -2.86. The second kappa shape index (κ2) is 15.0. The number of anilines is 2. The van der Waals surface area contributed by atoms with Crippen LogP contribution in [0, 0.1) is 13.8 Å². The number of carboxylic acids is 2. The molecular weight excluding hydrogens is 517 g/mol. The molecule has 3 rings (SSSR count). The molecule has 12 heteroatoms. The summed E-state index contributed by atoms with van der Waals surface area (Å²) in [5.41, 5.74) is 5.05. The highest BCUT2D eigenvalue weighted by molar-refractivity contribution is 5.95. The molecule has 0 aromatic heterocycles. The van der Waals surface area contributed by atoms with Crippen LogP contribution in [-0.2, 0) is 9.53 Å². The van der Waals surface area contributed by atoms with Crippen LogP contribution in [-0.4, -0.2) is 85.1 Å². The molecule has 0 atom stereocenters. The van der Waals surface area contributed by atoms with Crippen LogP contribution in [0.1, 0.15) is 34.8 Å². The number of guanidine groups is 1. The van der Waals surface area contributed by atoms with Crippen molar-refractivity contribution in [2.24, 2.45) is 4.99 Å². The summed E-state index contributed by atoms with van der Waals surface area (Å²) in [5, 5.41) is 19.7. The van der Waals surface area contributed by atoms with Crippen molar-refractivity contribution in [2.45, 2.75) is 33.4 Å². The lowest BCUT2D eigenvalue weighted by Crippen LogP contribution is -2.51. The maximum absolute atomic E-state index is 11.1. The standard InChI is InChI=1S/C25H34N4O3.C2HF3O2/c1-4-32-18-6-13-26-25(27-22-11-9-21(10-12-22)24(30)31)29-16-14-28(15-17-29)23-8-5-7-19(2)20(23)3;3-2(4,5)1(6)7/h5,7-12H,4,6,13-18H2,1-3H3,(H,26,27)(H,30,31);(H,6,7). The summed E-state index contributed by atoms with van der Waals surface area (Å²) in [6, 6.07) is 13.3. The van der Waals surface area contributed by atoms with Crippen LogP contribution in [0.3, 0.4) is 0 Å². The van der Waals surface area contributed by atoms with Crippen molar-refractivity contribution in [3.63, 3.8) is 0 Å². The second-order valence-corrected chi connectivity index (χ2v) is 8.76. The van der Waals surface area contributed by atoms with Crippen molar-refractivity contribution in [2.75, 3.05) is 56.2 Å². The third kappa shape index (κ3) is 10.1. The number of nitrogens with zero attached hydrogens (tertiary/aromatic N) is 3. The molecule has 1 aliphatic heterocycles. The van der Waals surface area contributed by atoms with Crippen molar-refractivity contribution in [3.8, 4) is 0 Å². The van der Waals surface area contributed by atoms with Crippen LogP contribution in [0.4, 0.5) is 24.5 Å². The minimum atomic E-state index is -5.08. The molecule has 3 N–H and O–H groups in total. The number of hydrogen-bond donors (Lipinski definition) is 3. The molecule has 0 saturated carbocycles. The lowest BCUT2D eigenvalue weighted by molar-refractivity contribution is -0.192. The second-order valence-electron chi connectivity index (χ2n) is 8.76. The largest absolute Gasteiger partial charge is 0.490 e. The normalized spacial score (nSPS) is 13.9. The molecule has 9 nitrogen and oxygen atoms in total. The highest BCUT2D eigenvalue weighted by atomic mass is 19.4. The van der Waals surface area contributed by atoms with E-state index in [1.807, 2.05) is 6.92 Å². The fourth-order valence-corrected chi connectivity index (χ4v) is 3.78. The van der Waals surface area contributed by atoms with E-state index < -0.39 is 18.1 Å². The zero-order chi connectivity index (χ0) is 29.0. The summed E-state index contributed by atoms with van der Waals surface area (Å²) in [6.45, 7) is 12.0. The zero-order valence-corrected chi connectivity index (χ0v) is 22.3. The van der Waals surface area contributed by atoms with E-state index in [0.29, 0.717) is 19.8 Å². The van der Waals surface area contributed by atoms with Gasteiger partial charge in [0.1, 0.15) is 0 Å². The van der Waals surface area contributed by atoms with Crippen LogP contribution in [0.5, 0.6) is 0 Å². The molecular formula is C27H35F3N4O5. The topological polar surface area (TPSA) is 115 Å². The zero-order valence-electron chi connectivity index (χ0n) is 22.3. The average Bonchev–Trinajstić information content (AvgIpc) is 2.90. The van der Waals surface area contributed by atoms with Crippen molar-refractivity contribution >= 4 is 29.3 Å². The molecule has 1 aliphatic rings. The highest BCUT2D eigenvalue weighted by Gasteiger charge is 2.38. The van der Waals surface area contributed by atoms with Crippen LogP contribution in [0.15, 0.2) is 47.5 Å². The van der Waals surface area contributed by atoms with Crippen LogP contribution in [0.2, 0.25) is 0 Å². The van der Waals surface area contributed by atoms with Crippen LogP contribution >= 0.6 is 0 Å². The number of ether oxygens (including phenoxy) is 1. The first-order valence-electron chi connectivity index (χ1n) is 12.5. The monoisotopic (exact) mass is 552 g/mol. The van der Waals surface area contributed by atoms with Gasteiger partial charge in [0.15, 0.2) is 5.96 Å². The van der Waals surface area contributed by atoms with E-state index in [0.717, 1.165) is 44.2 Å². The molecule has 214 valence electrons. The number of piperazine rings is 1. The Morgan fingerprint density at radius 1 is 1.03 bits per heavy atom. The van der Waals surface area contributed by atoms with Gasteiger partial charge >= 0.3 is 18.1 Å². The van der Waals surface area contributed by atoms with E-state index in [-0.39, 0.29) is 5.56 Å². The first kappa shape index (κ1) is 31.4. The van der Waals surface area contributed by atoms with Gasteiger partial charge < -0.3 is 30.1 Å². The molecule has 1 saturated heterocycles. The Morgan fingerprint density at radius 3 is 2.18 bits per heavy atom. The molecule has 2 aromatic rings. The van der Waals surface area contributed by atoms with Gasteiger partial charge in [0.2, 0.25) is 0 Å². The summed E-state index contributed by atoms with van der Waals surface area (Å²) in [7, 11) is 0. The van der Waals surface area contributed by atoms with Gasteiger partial charge in [-0.05, 0) is 68.7 Å². The molecule has 0 radical (unpaired) electrons. The van der Waals surface area contributed by atoms with Crippen molar-refractivity contribution < 1.29 is 37.7 Å². The SMILES string of the molecule is CCOCCCN=C(Nc1ccc(C(=O)O)cc1)N1CCN(c2cccc(C)c2C)CC1.O=C(O)C(F)(F)F. The van der Waals surface area contributed by atoms with E-state index >= 15 is 0 Å². The number of rotatable bonds is 8. The first-order chi connectivity index (χ1) is 18.4. The molecule has 0 spiro atoms. The number of alkyl halides is 3. The number of carbonyl (C=O) groups is 2. The van der Waals surface area contributed by atoms with Crippen molar-refractivity contribution in [1.82, 2.24) is 4.90 Å². The fourth-order valence-electron chi connectivity index (χ4n) is 3.78. The van der Waals surface area contributed by atoms with Gasteiger partial charge in [0, 0.05) is 57.3 Å². The maximum Gasteiger partial charge on any atom is 0.490 e. The summed E-state index contributed by atoms with van der Waals surface area (Å²) >= 11 is 0. The number of nitrogens with one attached hydrogen (secondary N) is 1. The number of benzene rings is 2. The fraction of sp³-hybridized carbons (Fsp3) is 0.444. The van der Waals surface area contributed by atoms with E-state index in [2.05, 4.69) is 47.2 Å². The lowest BCUT2D eigenvalue weighted by Gasteiger charge is -2.38. The molecule has 0 amide bonds. The molecule has 0 aliphatic carbocycles. The van der Waals surface area contributed by atoms with Gasteiger partial charge in [-0.1, -0.05) is 12.1 Å². The number of aliphatic carboxylic acids is 1. The van der Waals surface area contributed by atoms with Gasteiger partial charge in [0.25, 0.3) is 0 Å². The first-order valence-corrected chi connectivity index (χ1v) is 12.5. The van der Waals surface area contributed by atoms with E-state index in [1.54, 1.807) is 24.3 Å². The Hall–Kier alpha value is -3.80. The van der Waals surface area contributed by atoms with Gasteiger partial charge in [-0.25, -0.2) is 9.59 Å². The predicted molar refractivity (Wildman–Crippen MR) is 144 cm³/mol. The predicted octanol–water partition coefficient (Wildman–Crippen LogP) is 4.65. The number of carboxylic acid groups (broad SMARTS) is 2. The summed E-state index contributed by atoms with van der Waals surface area (Å²) in [6.07, 6.45) is -4.22. The molecule has 0 bridgehead atoms. The third-order valence-electron chi connectivity index (χ3n) is 6.04. The minimum absolute atomic E-state index is 0.271. The lowest BCUT2D eigenvalue weighted by atomic mass is 10.1. The smallest absolute Gasteiger partial charge is 0.478 e. The third-order valence-corrected chi connectivity index (χ3v) is 6.04. The molecule has 39 heavy (non-hydrogen) atoms. The number of hydrogen-bond acceptors (Lipinski definition) is 5.